The van der Waals surface area contributed by atoms with Crippen molar-refractivity contribution >= 4 is 34.8 Å². The average molecular weight is 582 g/mol. The Hall–Kier alpha value is -3.53. The smallest absolute Gasteiger partial charge is 0.243 e. The molecule has 0 bridgehead atoms. The van der Waals surface area contributed by atoms with Gasteiger partial charge in [0.05, 0.1) is 34.5 Å². The first-order valence-electron chi connectivity index (χ1n) is 14.1. The molecule has 1 saturated heterocycles. The number of amides is 3. The summed E-state index contributed by atoms with van der Waals surface area (Å²) >= 11 is 1.56. The molecule has 9 nitrogen and oxygen atoms in total. The van der Waals surface area contributed by atoms with E-state index in [1.54, 1.807) is 16.8 Å². The second-order valence-corrected chi connectivity index (χ2v) is 13.0. The van der Waals surface area contributed by atoms with Gasteiger partial charge in [0.2, 0.25) is 17.7 Å². The number of hydrogen-bond acceptors (Lipinski definition) is 7. The molecule has 1 aromatic heterocycles. The number of carbonyl (C=O) groups is 3. The lowest BCUT2D eigenvalue weighted by Crippen LogP contribution is -2.50. The monoisotopic (exact) mass is 581 g/mol. The Morgan fingerprint density at radius 2 is 1.88 bits per heavy atom. The third-order valence-electron chi connectivity index (χ3n) is 7.00. The van der Waals surface area contributed by atoms with Gasteiger partial charge in [0, 0.05) is 17.8 Å². The highest BCUT2D eigenvalue weighted by Gasteiger charge is 2.40. The summed E-state index contributed by atoms with van der Waals surface area (Å²) in [5.41, 5.74) is 4.26. The Balaban J connectivity index is 1.86. The van der Waals surface area contributed by atoms with E-state index in [4.69, 9.17) is 5.41 Å². The highest BCUT2D eigenvalue weighted by molar-refractivity contribution is 7.13. The van der Waals surface area contributed by atoms with Gasteiger partial charge in [0.25, 0.3) is 0 Å². The van der Waals surface area contributed by atoms with E-state index < -0.39 is 23.5 Å². The molecule has 10 heteroatoms. The topological polar surface area (TPSA) is 135 Å². The molecular weight excluding hydrogens is 538 g/mol. The van der Waals surface area contributed by atoms with Crippen molar-refractivity contribution in [1.29, 1.82) is 5.41 Å². The zero-order valence-corrected chi connectivity index (χ0v) is 25.9. The van der Waals surface area contributed by atoms with Crippen LogP contribution in [0.25, 0.3) is 10.4 Å². The number of nitrogens with zero attached hydrogens (tertiary/aromatic N) is 2. The van der Waals surface area contributed by atoms with Gasteiger partial charge in [-0.15, -0.1) is 11.3 Å². The number of aliphatic hydroxyl groups excluding tert-OH is 1. The molecular formula is C31H43N5O4S. The van der Waals surface area contributed by atoms with E-state index >= 15 is 0 Å². The number of allylic oxidation sites excluding steroid dienone is 1. The zero-order chi connectivity index (χ0) is 30.5. The Kier molecular flexibility index (Phi) is 10.5. The largest absolute Gasteiger partial charge is 0.511 e. The minimum atomic E-state index is -0.847. The molecule has 0 radical (unpaired) electrons. The van der Waals surface area contributed by atoms with Crippen molar-refractivity contribution in [2.75, 3.05) is 6.54 Å². The molecule has 1 aliphatic rings. The SMILES string of the molecule is CC(=N)/C=C(\O)C(C(=O)N1CCC[C@H]1C(=O)NC(CC(=O)NC(C)(C)C)c1ccc(-c2scnc2C)cc1)C(C)C. The molecule has 0 spiro atoms. The zero-order valence-electron chi connectivity index (χ0n) is 25.1. The summed E-state index contributed by atoms with van der Waals surface area (Å²) in [6, 6.07) is 6.45. The maximum Gasteiger partial charge on any atom is 0.243 e. The van der Waals surface area contributed by atoms with Crippen LogP contribution in [-0.4, -0.2) is 56.5 Å². The minimum Gasteiger partial charge on any atom is -0.511 e. The number of likely N-dealkylation sites (tertiary alicyclic amines) is 1. The van der Waals surface area contributed by atoms with Gasteiger partial charge in [0.15, 0.2) is 0 Å². The first kappa shape index (κ1) is 32.0. The maximum absolute atomic E-state index is 13.7. The van der Waals surface area contributed by atoms with Crippen LogP contribution in [0, 0.1) is 24.2 Å². The lowest BCUT2D eigenvalue weighted by Gasteiger charge is -2.31. The summed E-state index contributed by atoms with van der Waals surface area (Å²) in [7, 11) is 0. The highest BCUT2D eigenvalue weighted by Crippen LogP contribution is 2.30. The Bertz CT molecular complexity index is 1290. The summed E-state index contributed by atoms with van der Waals surface area (Å²) in [5.74, 6) is -2.10. The average Bonchev–Trinajstić information content (AvgIpc) is 3.51. The molecule has 2 aromatic rings. The molecule has 0 saturated carbocycles. The van der Waals surface area contributed by atoms with Gasteiger partial charge < -0.3 is 26.0 Å². The molecule has 1 aliphatic heterocycles. The molecule has 3 amide bonds. The fraction of sp³-hybridized carbons (Fsp3) is 0.516. The fourth-order valence-electron chi connectivity index (χ4n) is 5.17. The number of aryl methyl sites for hydroxylation is 1. The molecule has 41 heavy (non-hydrogen) atoms. The first-order chi connectivity index (χ1) is 19.2. The van der Waals surface area contributed by atoms with Crippen LogP contribution < -0.4 is 10.6 Å². The predicted molar refractivity (Wildman–Crippen MR) is 163 cm³/mol. The minimum absolute atomic E-state index is 0.0410. The summed E-state index contributed by atoms with van der Waals surface area (Å²) in [4.78, 5) is 47.2. The molecule has 2 unspecified atom stereocenters. The third kappa shape index (κ3) is 8.48. The lowest BCUT2D eigenvalue weighted by molar-refractivity contribution is -0.142. The van der Waals surface area contributed by atoms with Crippen molar-refractivity contribution in [1.82, 2.24) is 20.5 Å². The van der Waals surface area contributed by atoms with Crippen LogP contribution in [0.2, 0.25) is 0 Å². The number of benzene rings is 1. The van der Waals surface area contributed by atoms with E-state index in [9.17, 15) is 19.5 Å². The number of nitrogens with one attached hydrogen (secondary N) is 3. The Morgan fingerprint density at radius 3 is 2.41 bits per heavy atom. The van der Waals surface area contributed by atoms with Crippen molar-refractivity contribution in [3.05, 3.63) is 52.9 Å². The van der Waals surface area contributed by atoms with Crippen molar-refractivity contribution < 1.29 is 19.5 Å². The molecule has 1 aromatic carbocycles. The molecule has 3 atom stereocenters. The summed E-state index contributed by atoms with van der Waals surface area (Å²) in [5, 5.41) is 24.3. The van der Waals surface area contributed by atoms with E-state index in [1.165, 1.54) is 17.9 Å². The number of carbonyl (C=O) groups excluding carboxylic acids is 3. The Morgan fingerprint density at radius 1 is 1.22 bits per heavy atom. The highest BCUT2D eigenvalue weighted by atomic mass is 32.1. The predicted octanol–water partition coefficient (Wildman–Crippen LogP) is 5.33. The van der Waals surface area contributed by atoms with Gasteiger partial charge in [-0.2, -0.15) is 0 Å². The van der Waals surface area contributed by atoms with E-state index in [1.807, 2.05) is 65.8 Å². The van der Waals surface area contributed by atoms with Crippen molar-refractivity contribution in [2.24, 2.45) is 11.8 Å². The van der Waals surface area contributed by atoms with Gasteiger partial charge in [-0.05, 0) is 70.6 Å². The van der Waals surface area contributed by atoms with Crippen LogP contribution in [0.1, 0.15) is 78.1 Å². The number of rotatable bonds is 10. The number of aliphatic hydroxyl groups is 1. The van der Waals surface area contributed by atoms with E-state index in [0.29, 0.717) is 19.4 Å². The molecule has 222 valence electrons. The van der Waals surface area contributed by atoms with Crippen molar-refractivity contribution in [3.8, 4) is 10.4 Å². The van der Waals surface area contributed by atoms with Crippen LogP contribution in [0.3, 0.4) is 0 Å². The second kappa shape index (κ2) is 13.4. The summed E-state index contributed by atoms with van der Waals surface area (Å²) < 4.78 is 0. The summed E-state index contributed by atoms with van der Waals surface area (Å²) in [6.45, 7) is 13.3. The third-order valence-corrected chi connectivity index (χ3v) is 7.97. The fourth-order valence-corrected chi connectivity index (χ4v) is 5.98. The molecule has 3 rings (SSSR count). The quantitative estimate of drug-likeness (QED) is 0.222. The lowest BCUT2D eigenvalue weighted by atomic mass is 9.91. The molecule has 4 N–H and O–H groups in total. The molecule has 2 heterocycles. The number of aromatic nitrogens is 1. The van der Waals surface area contributed by atoms with Gasteiger partial charge in [-0.25, -0.2) is 4.98 Å². The standard InChI is InChI=1S/C31H43N5O4S/c1-18(2)27(25(37)15-19(3)32)30(40)36-14-8-9-24(36)29(39)34-23(16-26(38)35-31(5,6)7)21-10-12-22(13-11-21)28-20(4)33-17-41-28/h10-13,15,17-18,23-24,27,32,37H,8-9,14,16H2,1-7H3,(H,34,39)(H,35,38)/b25-15-,32-19?/t23?,24-,27?/m0/s1. The number of thiazole rings is 1. The number of hydrogen-bond donors (Lipinski definition) is 4. The van der Waals surface area contributed by atoms with Gasteiger partial charge in [-0.3, -0.25) is 14.4 Å². The van der Waals surface area contributed by atoms with Crippen molar-refractivity contribution in [3.63, 3.8) is 0 Å². The van der Waals surface area contributed by atoms with Crippen LogP contribution in [0.15, 0.2) is 41.6 Å². The van der Waals surface area contributed by atoms with E-state index in [2.05, 4.69) is 15.6 Å². The first-order valence-corrected chi connectivity index (χ1v) is 14.9. The molecule has 1 fully saturated rings. The van der Waals surface area contributed by atoms with Crippen LogP contribution in [-0.2, 0) is 14.4 Å². The van der Waals surface area contributed by atoms with E-state index in [0.717, 1.165) is 21.7 Å². The normalized spacial score (nSPS) is 17.3. The van der Waals surface area contributed by atoms with E-state index in [-0.39, 0.29) is 41.5 Å². The van der Waals surface area contributed by atoms with Crippen LogP contribution in [0.5, 0.6) is 0 Å². The Labute approximate surface area is 247 Å². The van der Waals surface area contributed by atoms with Gasteiger partial charge >= 0.3 is 0 Å². The van der Waals surface area contributed by atoms with Gasteiger partial charge in [-0.1, -0.05) is 38.1 Å². The van der Waals surface area contributed by atoms with Gasteiger partial charge in [0.1, 0.15) is 11.8 Å². The van der Waals surface area contributed by atoms with Crippen LogP contribution >= 0.6 is 11.3 Å². The molecule has 0 aliphatic carbocycles. The summed E-state index contributed by atoms with van der Waals surface area (Å²) in [6.07, 6.45) is 2.47. The maximum atomic E-state index is 13.7. The van der Waals surface area contributed by atoms with Crippen LogP contribution in [0.4, 0.5) is 0 Å². The second-order valence-electron chi connectivity index (χ2n) is 12.1. The van der Waals surface area contributed by atoms with Crippen molar-refractivity contribution in [2.45, 2.75) is 85.4 Å².